The largest absolute Gasteiger partial charge is 0.469 e. The van der Waals surface area contributed by atoms with Gasteiger partial charge in [0.2, 0.25) is 0 Å². The molecule has 3 aliphatic carbocycles. The minimum Gasteiger partial charge on any atom is -0.469 e. The summed E-state index contributed by atoms with van der Waals surface area (Å²) in [6, 6.07) is 0. The van der Waals surface area contributed by atoms with Crippen molar-refractivity contribution in [3.05, 3.63) is 26.6 Å². The van der Waals surface area contributed by atoms with E-state index in [0.29, 0.717) is 40.9 Å². The molecule has 3 fully saturated rings. The fraction of sp³-hybridized carbons (Fsp3) is 0.529. The number of Topliss-reactive ketones (excluding diaryl/α,β-unsaturated/α-hetero) is 1. The smallest absolute Gasteiger partial charge is 0.311 e. The van der Waals surface area contributed by atoms with E-state index >= 15 is 0 Å². The van der Waals surface area contributed by atoms with Crippen molar-refractivity contribution in [3.8, 4) is 0 Å². The van der Waals surface area contributed by atoms with Crippen LogP contribution in [-0.4, -0.2) is 28.4 Å². The third-order valence-corrected chi connectivity index (χ3v) is 6.65. The Labute approximate surface area is 142 Å². The van der Waals surface area contributed by atoms with Crippen molar-refractivity contribution >= 4 is 33.3 Å². The molecule has 0 saturated heterocycles. The number of methoxy groups -OCH3 is 1. The zero-order valence-electron chi connectivity index (χ0n) is 14.1. The molecular weight excluding hydrogens is 328 g/mol. The molecule has 0 unspecified atom stereocenters. The monoisotopic (exact) mass is 346 g/mol. The van der Waals surface area contributed by atoms with Crippen LogP contribution in [0.1, 0.15) is 47.2 Å². The Hall–Kier alpha value is -2.02. The van der Waals surface area contributed by atoms with E-state index in [1.807, 2.05) is 6.92 Å². The molecule has 0 radical (unpaired) electrons. The second-order valence-corrected chi connectivity index (χ2v) is 8.37. The first kappa shape index (κ1) is 15.5. The average Bonchev–Trinajstić information content (AvgIpc) is 2.77. The van der Waals surface area contributed by atoms with Gasteiger partial charge in [-0.2, -0.15) is 0 Å². The Balaban J connectivity index is 1.86. The molecule has 126 valence electrons. The van der Waals surface area contributed by atoms with Crippen LogP contribution >= 0.6 is 11.3 Å². The molecule has 6 nitrogen and oxygen atoms in total. The van der Waals surface area contributed by atoms with E-state index in [1.165, 1.54) is 25.4 Å². The summed E-state index contributed by atoms with van der Waals surface area (Å²) >= 11 is 1.32. The molecule has 7 heteroatoms. The van der Waals surface area contributed by atoms with E-state index in [-0.39, 0.29) is 22.7 Å². The Bertz CT molecular complexity index is 965. The molecular formula is C17H18N2O4S. The number of fused-ring (bicyclic) bond motifs is 1. The summed E-state index contributed by atoms with van der Waals surface area (Å²) in [4.78, 5) is 42.1. The number of aryl methyl sites for hydroxylation is 1. The predicted octanol–water partition coefficient (Wildman–Crippen LogP) is 2.10. The van der Waals surface area contributed by atoms with E-state index in [1.54, 1.807) is 11.6 Å². The lowest BCUT2D eigenvalue weighted by Gasteiger charge is -2.67. The number of nitrogens with zero attached hydrogens (tertiary/aromatic N) is 2. The molecule has 0 N–H and O–H groups in total. The third kappa shape index (κ3) is 1.65. The lowest BCUT2D eigenvalue weighted by atomic mass is 9.35. The third-order valence-electron chi connectivity index (χ3n) is 5.57. The van der Waals surface area contributed by atoms with Gasteiger partial charge in [-0.1, -0.05) is 0 Å². The summed E-state index contributed by atoms with van der Waals surface area (Å²) in [5.41, 5.74) is 0.311. The maximum absolute atomic E-state index is 12.7. The van der Waals surface area contributed by atoms with Gasteiger partial charge in [-0.05, 0) is 33.1 Å². The van der Waals surface area contributed by atoms with E-state index in [2.05, 4.69) is 0 Å². The molecule has 0 spiro atoms. The highest BCUT2D eigenvalue weighted by atomic mass is 32.1. The van der Waals surface area contributed by atoms with Crippen LogP contribution in [0.15, 0.2) is 4.79 Å². The molecule has 5 rings (SSSR count). The first-order chi connectivity index (χ1) is 11.2. The van der Waals surface area contributed by atoms with Crippen molar-refractivity contribution in [2.45, 2.75) is 38.5 Å². The highest BCUT2D eigenvalue weighted by molar-refractivity contribution is 7.19. The topological polar surface area (TPSA) is 78.3 Å². The van der Waals surface area contributed by atoms with Gasteiger partial charge in [-0.3, -0.25) is 19.0 Å². The lowest BCUT2D eigenvalue weighted by Crippen LogP contribution is -2.69. The Kier molecular flexibility index (Phi) is 2.93. The van der Waals surface area contributed by atoms with Crippen LogP contribution in [0.2, 0.25) is 0 Å². The van der Waals surface area contributed by atoms with Crippen molar-refractivity contribution in [3.63, 3.8) is 0 Å². The summed E-state index contributed by atoms with van der Waals surface area (Å²) in [6.45, 7) is 3.34. The van der Waals surface area contributed by atoms with Gasteiger partial charge in [-0.15, -0.1) is 11.3 Å². The summed E-state index contributed by atoms with van der Waals surface area (Å²) in [6.07, 6.45) is 1.99. The fourth-order valence-corrected chi connectivity index (χ4v) is 5.68. The zero-order chi connectivity index (χ0) is 17.4. The average molecular weight is 346 g/mol. The SMILES string of the molecule is COC(=O)C12CC(c3nc4c(C(C)=O)c(C)sc4c(=O)n3C)(C1)C2. The van der Waals surface area contributed by atoms with Crippen LogP contribution in [0, 0.1) is 12.3 Å². The van der Waals surface area contributed by atoms with Crippen LogP contribution in [0.4, 0.5) is 0 Å². The van der Waals surface area contributed by atoms with Gasteiger partial charge in [-0.25, -0.2) is 4.98 Å². The van der Waals surface area contributed by atoms with Crippen molar-refractivity contribution in [1.82, 2.24) is 9.55 Å². The molecule has 0 atom stereocenters. The maximum Gasteiger partial charge on any atom is 0.311 e. The van der Waals surface area contributed by atoms with E-state index in [9.17, 15) is 14.4 Å². The number of aromatic nitrogens is 2. The number of carbonyl (C=O) groups excluding carboxylic acids is 2. The molecule has 0 aliphatic heterocycles. The fourth-order valence-electron chi connectivity index (χ4n) is 4.56. The van der Waals surface area contributed by atoms with Gasteiger partial charge in [0.25, 0.3) is 5.56 Å². The van der Waals surface area contributed by atoms with Crippen molar-refractivity contribution in [1.29, 1.82) is 0 Å². The minimum atomic E-state index is -0.393. The first-order valence-electron chi connectivity index (χ1n) is 7.85. The van der Waals surface area contributed by atoms with Gasteiger partial charge in [0.15, 0.2) is 5.78 Å². The maximum atomic E-state index is 12.7. The lowest BCUT2D eigenvalue weighted by molar-refractivity contribution is -0.200. The summed E-state index contributed by atoms with van der Waals surface area (Å²) in [7, 11) is 3.13. The van der Waals surface area contributed by atoms with Crippen molar-refractivity contribution in [2.24, 2.45) is 12.5 Å². The molecule has 24 heavy (non-hydrogen) atoms. The van der Waals surface area contributed by atoms with Crippen LogP contribution in [0.25, 0.3) is 10.2 Å². The molecule has 0 amide bonds. The van der Waals surface area contributed by atoms with Crippen LogP contribution < -0.4 is 5.56 Å². The number of esters is 1. The quantitative estimate of drug-likeness (QED) is 0.628. The van der Waals surface area contributed by atoms with Gasteiger partial charge >= 0.3 is 5.97 Å². The highest BCUT2D eigenvalue weighted by Crippen LogP contribution is 2.73. The van der Waals surface area contributed by atoms with Crippen molar-refractivity contribution < 1.29 is 14.3 Å². The van der Waals surface area contributed by atoms with Crippen LogP contribution in [0.3, 0.4) is 0 Å². The minimum absolute atomic E-state index is 0.0749. The van der Waals surface area contributed by atoms with Crippen LogP contribution in [0.5, 0.6) is 0 Å². The zero-order valence-corrected chi connectivity index (χ0v) is 14.9. The highest BCUT2D eigenvalue weighted by Gasteiger charge is 2.74. The normalized spacial score (nSPS) is 27.5. The molecule has 2 heterocycles. The Morgan fingerprint density at radius 3 is 2.46 bits per heavy atom. The Morgan fingerprint density at radius 1 is 1.29 bits per heavy atom. The molecule has 3 aliphatic rings. The van der Waals surface area contributed by atoms with Gasteiger partial charge in [0, 0.05) is 17.3 Å². The van der Waals surface area contributed by atoms with E-state index < -0.39 is 5.41 Å². The first-order valence-corrected chi connectivity index (χ1v) is 8.66. The number of thiophene rings is 1. The number of ether oxygens (including phenoxy) is 1. The van der Waals surface area contributed by atoms with Gasteiger partial charge < -0.3 is 4.74 Å². The molecule has 3 saturated carbocycles. The molecule has 2 bridgehead atoms. The molecule has 2 aromatic rings. The number of ketones is 1. The molecule has 2 aromatic heterocycles. The van der Waals surface area contributed by atoms with E-state index in [0.717, 1.165) is 4.88 Å². The standard InChI is InChI=1S/C17H18N2O4S/c1-8(20)10-9(2)24-12-11(10)18-14(19(3)13(12)21)16-5-17(6-16,7-16)15(22)23-4/h5-7H2,1-4H3. The van der Waals surface area contributed by atoms with Gasteiger partial charge in [0.1, 0.15) is 10.5 Å². The molecule has 0 aromatic carbocycles. The van der Waals surface area contributed by atoms with Gasteiger partial charge in [0.05, 0.1) is 23.6 Å². The predicted molar refractivity (Wildman–Crippen MR) is 89.6 cm³/mol. The van der Waals surface area contributed by atoms with Crippen molar-refractivity contribution in [2.75, 3.05) is 7.11 Å². The number of hydrogen-bond donors (Lipinski definition) is 0. The summed E-state index contributed by atoms with van der Waals surface area (Å²) < 4.78 is 7.00. The second kappa shape index (κ2) is 4.53. The Morgan fingerprint density at radius 2 is 1.92 bits per heavy atom. The second-order valence-electron chi connectivity index (χ2n) is 7.15. The number of carbonyl (C=O) groups is 2. The number of rotatable bonds is 3. The summed E-state index contributed by atoms with van der Waals surface area (Å²) in [5.74, 6) is 0.436. The van der Waals surface area contributed by atoms with Crippen LogP contribution in [-0.2, 0) is 22.0 Å². The summed E-state index contributed by atoms with van der Waals surface area (Å²) in [5, 5.41) is 0. The van der Waals surface area contributed by atoms with E-state index in [4.69, 9.17) is 9.72 Å². The number of hydrogen-bond acceptors (Lipinski definition) is 6.